The molecule has 1 aliphatic rings. The molecule has 0 bridgehead atoms. The maximum absolute atomic E-state index is 12.4. The molecule has 0 aromatic heterocycles. The van der Waals surface area contributed by atoms with Crippen molar-refractivity contribution in [2.45, 2.75) is 0 Å². The van der Waals surface area contributed by atoms with Gasteiger partial charge < -0.3 is 19.3 Å². The van der Waals surface area contributed by atoms with Crippen molar-refractivity contribution >= 4 is 34.8 Å². The van der Waals surface area contributed by atoms with E-state index in [1.54, 1.807) is 30.2 Å². The Morgan fingerprint density at radius 1 is 1.00 bits per heavy atom. The Balaban J connectivity index is 1.54. The van der Waals surface area contributed by atoms with Crippen LogP contribution >= 0.6 is 23.2 Å². The summed E-state index contributed by atoms with van der Waals surface area (Å²) in [6.07, 6.45) is 0. The van der Waals surface area contributed by atoms with Crippen molar-refractivity contribution in [1.29, 1.82) is 0 Å². The topological polar surface area (TPSA) is 42.0 Å². The van der Waals surface area contributed by atoms with Gasteiger partial charge in [0.15, 0.2) is 18.1 Å². The van der Waals surface area contributed by atoms with Crippen LogP contribution in [-0.2, 0) is 4.79 Å². The van der Waals surface area contributed by atoms with E-state index in [0.29, 0.717) is 47.7 Å². The van der Waals surface area contributed by atoms with Crippen LogP contribution in [-0.4, -0.2) is 50.7 Å². The molecular formula is C19H20Cl2N2O3. The van der Waals surface area contributed by atoms with Crippen LogP contribution in [0, 0.1) is 0 Å². The first-order valence-electron chi connectivity index (χ1n) is 8.32. The quantitative estimate of drug-likeness (QED) is 0.774. The Morgan fingerprint density at radius 2 is 1.69 bits per heavy atom. The molecule has 1 saturated heterocycles. The summed E-state index contributed by atoms with van der Waals surface area (Å²) in [6.45, 7) is 2.59. The van der Waals surface area contributed by atoms with Gasteiger partial charge in [-0.15, -0.1) is 0 Å². The van der Waals surface area contributed by atoms with Crippen molar-refractivity contribution in [2.75, 3.05) is 44.8 Å². The third kappa shape index (κ3) is 4.17. The minimum atomic E-state index is -0.0484. The van der Waals surface area contributed by atoms with Crippen molar-refractivity contribution in [3.05, 3.63) is 52.5 Å². The van der Waals surface area contributed by atoms with Crippen LogP contribution in [0.3, 0.4) is 0 Å². The smallest absolute Gasteiger partial charge is 0.260 e. The maximum Gasteiger partial charge on any atom is 0.260 e. The fraction of sp³-hybridized carbons (Fsp3) is 0.316. The number of anilines is 1. The number of carbonyl (C=O) groups excluding carboxylic acids is 1. The second-order valence-electron chi connectivity index (χ2n) is 5.88. The van der Waals surface area contributed by atoms with Crippen LogP contribution in [0.15, 0.2) is 42.5 Å². The first kappa shape index (κ1) is 18.7. The Morgan fingerprint density at radius 3 is 2.38 bits per heavy atom. The molecule has 0 N–H and O–H groups in total. The number of nitrogens with zero attached hydrogens (tertiary/aromatic N) is 2. The molecule has 2 aromatic carbocycles. The number of hydrogen-bond donors (Lipinski definition) is 0. The number of para-hydroxylation sites is 2. The van der Waals surface area contributed by atoms with E-state index in [1.165, 1.54) is 0 Å². The Hall–Kier alpha value is -2.11. The van der Waals surface area contributed by atoms with E-state index in [4.69, 9.17) is 32.7 Å². The lowest BCUT2D eigenvalue weighted by Gasteiger charge is -2.36. The highest BCUT2D eigenvalue weighted by molar-refractivity contribution is 6.43. The summed E-state index contributed by atoms with van der Waals surface area (Å²) in [4.78, 5) is 16.4. The second kappa shape index (κ2) is 8.52. The van der Waals surface area contributed by atoms with E-state index in [9.17, 15) is 4.79 Å². The summed E-state index contributed by atoms with van der Waals surface area (Å²) >= 11 is 12.4. The lowest BCUT2D eigenvalue weighted by molar-refractivity contribution is -0.133. The van der Waals surface area contributed by atoms with Gasteiger partial charge in [0.25, 0.3) is 5.91 Å². The van der Waals surface area contributed by atoms with Gasteiger partial charge in [-0.2, -0.15) is 0 Å². The highest BCUT2D eigenvalue weighted by atomic mass is 35.5. The maximum atomic E-state index is 12.4. The lowest BCUT2D eigenvalue weighted by Crippen LogP contribution is -2.50. The average molecular weight is 395 g/mol. The third-order valence-corrected chi connectivity index (χ3v) is 5.13. The third-order valence-electron chi connectivity index (χ3n) is 4.32. The number of carbonyl (C=O) groups is 1. The summed E-state index contributed by atoms with van der Waals surface area (Å²) in [5.74, 6) is 1.13. The molecule has 0 aliphatic carbocycles. The number of benzene rings is 2. The highest BCUT2D eigenvalue weighted by Gasteiger charge is 2.23. The first-order chi connectivity index (χ1) is 12.6. The number of amides is 1. The number of piperazine rings is 1. The molecule has 26 heavy (non-hydrogen) atoms. The molecule has 0 radical (unpaired) electrons. The van der Waals surface area contributed by atoms with Crippen molar-refractivity contribution in [3.63, 3.8) is 0 Å². The van der Waals surface area contributed by atoms with Gasteiger partial charge >= 0.3 is 0 Å². The molecule has 138 valence electrons. The predicted octanol–water partition coefficient (Wildman–Crippen LogP) is 3.73. The van der Waals surface area contributed by atoms with Gasteiger partial charge in [-0.1, -0.05) is 41.4 Å². The zero-order valence-electron chi connectivity index (χ0n) is 14.5. The molecule has 0 saturated carbocycles. The van der Waals surface area contributed by atoms with E-state index >= 15 is 0 Å². The molecule has 2 aromatic rings. The number of rotatable bonds is 5. The van der Waals surface area contributed by atoms with E-state index in [1.807, 2.05) is 24.3 Å². The van der Waals surface area contributed by atoms with Gasteiger partial charge in [0.05, 0.1) is 22.8 Å². The zero-order valence-corrected chi connectivity index (χ0v) is 16.0. The predicted molar refractivity (Wildman–Crippen MR) is 104 cm³/mol. The molecule has 0 unspecified atom stereocenters. The number of ether oxygens (including phenoxy) is 2. The number of halogens is 2. The second-order valence-corrected chi connectivity index (χ2v) is 6.67. The van der Waals surface area contributed by atoms with Crippen LogP contribution in [0.1, 0.15) is 0 Å². The van der Waals surface area contributed by atoms with Gasteiger partial charge in [0.1, 0.15) is 0 Å². The van der Waals surface area contributed by atoms with Crippen LogP contribution in [0.4, 0.5) is 5.69 Å². The van der Waals surface area contributed by atoms with E-state index in [0.717, 1.165) is 5.69 Å². The molecule has 1 amide bonds. The fourth-order valence-corrected chi connectivity index (χ4v) is 3.32. The first-order valence-corrected chi connectivity index (χ1v) is 9.08. The van der Waals surface area contributed by atoms with Crippen molar-refractivity contribution < 1.29 is 14.3 Å². The SMILES string of the molecule is COc1ccccc1OCC(=O)N1CCN(c2cccc(Cl)c2Cl)CC1. The Kier molecular flexibility index (Phi) is 6.12. The number of methoxy groups -OCH3 is 1. The normalized spacial score (nSPS) is 14.3. The molecule has 3 rings (SSSR count). The Bertz CT molecular complexity index is 777. The van der Waals surface area contributed by atoms with E-state index in [-0.39, 0.29) is 12.5 Å². The summed E-state index contributed by atoms with van der Waals surface area (Å²) < 4.78 is 10.8. The van der Waals surface area contributed by atoms with E-state index < -0.39 is 0 Å². The fourth-order valence-electron chi connectivity index (χ4n) is 2.90. The van der Waals surface area contributed by atoms with Gasteiger partial charge in [0.2, 0.25) is 0 Å². The van der Waals surface area contributed by atoms with Gasteiger partial charge in [-0.05, 0) is 24.3 Å². The standard InChI is InChI=1S/C19H20Cl2N2O3/c1-25-16-7-2-3-8-17(16)26-13-18(24)23-11-9-22(10-12-23)15-6-4-5-14(20)19(15)21/h2-8H,9-13H2,1H3. The molecule has 1 heterocycles. The lowest BCUT2D eigenvalue weighted by atomic mass is 10.2. The highest BCUT2D eigenvalue weighted by Crippen LogP contribution is 2.33. The molecule has 1 fully saturated rings. The molecular weight excluding hydrogens is 375 g/mol. The summed E-state index contributed by atoms with van der Waals surface area (Å²) in [6, 6.07) is 12.9. The monoisotopic (exact) mass is 394 g/mol. The van der Waals surface area contributed by atoms with Crippen molar-refractivity contribution in [2.24, 2.45) is 0 Å². The van der Waals surface area contributed by atoms with Crippen LogP contribution in [0.5, 0.6) is 11.5 Å². The molecule has 0 atom stereocenters. The summed E-state index contributed by atoms with van der Waals surface area (Å²) in [7, 11) is 1.57. The van der Waals surface area contributed by atoms with Gasteiger partial charge in [-0.25, -0.2) is 0 Å². The summed E-state index contributed by atoms with van der Waals surface area (Å²) in [5.41, 5.74) is 0.900. The Labute approximate surface area is 163 Å². The minimum absolute atomic E-state index is 0.0156. The minimum Gasteiger partial charge on any atom is -0.493 e. The van der Waals surface area contributed by atoms with Gasteiger partial charge in [0, 0.05) is 26.2 Å². The van der Waals surface area contributed by atoms with Crippen LogP contribution in [0.2, 0.25) is 10.0 Å². The van der Waals surface area contributed by atoms with Crippen molar-refractivity contribution in [1.82, 2.24) is 4.90 Å². The van der Waals surface area contributed by atoms with Gasteiger partial charge in [-0.3, -0.25) is 4.79 Å². The zero-order chi connectivity index (χ0) is 18.5. The van der Waals surface area contributed by atoms with E-state index in [2.05, 4.69) is 4.90 Å². The molecule has 7 heteroatoms. The largest absolute Gasteiger partial charge is 0.493 e. The average Bonchev–Trinajstić information content (AvgIpc) is 2.68. The molecule has 5 nitrogen and oxygen atoms in total. The van der Waals surface area contributed by atoms with Crippen LogP contribution in [0.25, 0.3) is 0 Å². The van der Waals surface area contributed by atoms with Crippen LogP contribution < -0.4 is 14.4 Å². The summed E-state index contributed by atoms with van der Waals surface area (Å²) in [5, 5.41) is 1.08. The molecule has 1 aliphatic heterocycles. The number of hydrogen-bond acceptors (Lipinski definition) is 4. The van der Waals surface area contributed by atoms with Crippen molar-refractivity contribution in [3.8, 4) is 11.5 Å². The molecule has 0 spiro atoms.